The fourth-order valence-corrected chi connectivity index (χ4v) is 3.63. The van der Waals surface area contributed by atoms with Crippen LogP contribution >= 0.6 is 0 Å². The molecule has 1 aliphatic carbocycles. The van der Waals surface area contributed by atoms with Crippen molar-refractivity contribution in [1.29, 1.82) is 0 Å². The van der Waals surface area contributed by atoms with Crippen molar-refractivity contribution < 1.29 is 19.8 Å². The second-order valence-electron chi connectivity index (χ2n) is 7.57. The van der Waals surface area contributed by atoms with Crippen LogP contribution in [-0.4, -0.2) is 52.3 Å². The Balaban J connectivity index is 1.85. The highest BCUT2D eigenvalue weighted by Crippen LogP contribution is 2.29. The van der Waals surface area contributed by atoms with E-state index >= 15 is 0 Å². The molecule has 1 atom stereocenters. The first-order chi connectivity index (χ1) is 10.3. The van der Waals surface area contributed by atoms with Crippen molar-refractivity contribution in [2.75, 3.05) is 13.1 Å². The minimum Gasteiger partial charge on any atom is -0.481 e. The van der Waals surface area contributed by atoms with Crippen LogP contribution < -0.4 is 5.32 Å². The zero-order chi connectivity index (χ0) is 16.3. The summed E-state index contributed by atoms with van der Waals surface area (Å²) >= 11 is 0. The highest BCUT2D eigenvalue weighted by Gasteiger charge is 2.33. The maximum Gasteiger partial charge on any atom is 0.317 e. The molecule has 2 aliphatic rings. The third kappa shape index (κ3) is 4.60. The lowest BCUT2D eigenvalue weighted by Gasteiger charge is -2.32. The van der Waals surface area contributed by atoms with Gasteiger partial charge in [-0.15, -0.1) is 0 Å². The van der Waals surface area contributed by atoms with Gasteiger partial charge in [0.25, 0.3) is 0 Å². The van der Waals surface area contributed by atoms with Crippen molar-refractivity contribution >= 4 is 12.0 Å². The summed E-state index contributed by atoms with van der Waals surface area (Å²) in [5, 5.41) is 22.0. The first-order valence-corrected chi connectivity index (χ1v) is 8.23. The summed E-state index contributed by atoms with van der Waals surface area (Å²) < 4.78 is 0. The first-order valence-electron chi connectivity index (χ1n) is 8.23. The molecule has 0 spiro atoms. The quantitative estimate of drug-likeness (QED) is 0.725. The summed E-state index contributed by atoms with van der Waals surface area (Å²) in [6.07, 6.45) is 3.68. The lowest BCUT2D eigenvalue weighted by Crippen LogP contribution is -2.48. The van der Waals surface area contributed by atoms with Crippen LogP contribution in [0.4, 0.5) is 4.79 Å². The van der Waals surface area contributed by atoms with Crippen molar-refractivity contribution in [2.45, 2.75) is 64.5 Å². The lowest BCUT2D eigenvalue weighted by atomic mass is 9.86. The van der Waals surface area contributed by atoms with Crippen molar-refractivity contribution in [3.63, 3.8) is 0 Å². The van der Waals surface area contributed by atoms with Crippen LogP contribution in [0.1, 0.15) is 52.4 Å². The van der Waals surface area contributed by atoms with Crippen LogP contribution in [0.5, 0.6) is 0 Å². The highest BCUT2D eigenvalue weighted by atomic mass is 16.4. The molecule has 126 valence electrons. The van der Waals surface area contributed by atoms with Gasteiger partial charge >= 0.3 is 12.0 Å². The fraction of sp³-hybridized carbons (Fsp3) is 0.875. The predicted molar refractivity (Wildman–Crippen MR) is 82.5 cm³/mol. The molecule has 0 aromatic heterocycles. The molecule has 3 N–H and O–H groups in total. The number of carboxylic acid groups (broad SMARTS) is 1. The van der Waals surface area contributed by atoms with Crippen LogP contribution in [0.25, 0.3) is 0 Å². The van der Waals surface area contributed by atoms with E-state index in [4.69, 9.17) is 5.11 Å². The van der Waals surface area contributed by atoms with Crippen LogP contribution in [0.3, 0.4) is 0 Å². The number of carbonyl (C=O) groups is 2. The smallest absolute Gasteiger partial charge is 0.317 e. The number of rotatable bonds is 2. The molecule has 0 radical (unpaired) electrons. The molecule has 1 unspecified atom stereocenters. The SMILES string of the molecule is CC1(C)CC(O)CCN(C(=O)NC2CCC(C(=O)O)CC2)C1. The van der Waals surface area contributed by atoms with E-state index in [1.807, 2.05) is 0 Å². The van der Waals surface area contributed by atoms with E-state index in [-0.39, 0.29) is 29.5 Å². The largest absolute Gasteiger partial charge is 0.481 e. The van der Waals surface area contributed by atoms with E-state index in [2.05, 4.69) is 19.2 Å². The molecular formula is C16H28N2O4. The Hall–Kier alpha value is -1.30. The molecule has 1 heterocycles. The lowest BCUT2D eigenvalue weighted by molar-refractivity contribution is -0.142. The number of carboxylic acids is 1. The summed E-state index contributed by atoms with van der Waals surface area (Å²) in [5.41, 5.74) is -0.0891. The van der Waals surface area contributed by atoms with E-state index in [0.717, 1.165) is 12.8 Å². The fourth-order valence-electron chi connectivity index (χ4n) is 3.63. The number of carbonyl (C=O) groups excluding carboxylic acids is 1. The summed E-state index contributed by atoms with van der Waals surface area (Å²) in [4.78, 5) is 25.2. The zero-order valence-electron chi connectivity index (χ0n) is 13.5. The molecule has 1 saturated carbocycles. The standard InChI is InChI=1S/C16H28N2O4/c1-16(2)9-13(19)7-8-18(10-16)15(22)17-12-5-3-11(4-6-12)14(20)21/h11-13,19H,3-10H2,1-2H3,(H,17,22)(H,20,21). The second kappa shape index (κ2) is 6.86. The molecule has 0 aromatic rings. The summed E-state index contributed by atoms with van der Waals surface area (Å²) in [5.74, 6) is -0.992. The summed E-state index contributed by atoms with van der Waals surface area (Å²) in [6, 6.07) is -0.0136. The Morgan fingerprint density at radius 2 is 1.77 bits per heavy atom. The number of hydrogen-bond acceptors (Lipinski definition) is 3. The summed E-state index contributed by atoms with van der Waals surface area (Å²) in [7, 11) is 0. The number of likely N-dealkylation sites (tertiary alicyclic amines) is 1. The minimum absolute atomic E-state index is 0.0689. The monoisotopic (exact) mass is 312 g/mol. The molecule has 2 rings (SSSR count). The van der Waals surface area contributed by atoms with Gasteiger partial charge in [-0.3, -0.25) is 4.79 Å². The van der Waals surface area contributed by atoms with Gasteiger partial charge in [-0.1, -0.05) is 13.8 Å². The molecule has 22 heavy (non-hydrogen) atoms. The Bertz CT molecular complexity index is 416. The Morgan fingerprint density at radius 1 is 1.14 bits per heavy atom. The van der Waals surface area contributed by atoms with Gasteiger partial charge in [-0.25, -0.2) is 4.79 Å². The van der Waals surface area contributed by atoms with Gasteiger partial charge in [0.15, 0.2) is 0 Å². The zero-order valence-corrected chi connectivity index (χ0v) is 13.5. The molecule has 2 fully saturated rings. The van der Waals surface area contributed by atoms with Gasteiger partial charge in [0, 0.05) is 19.1 Å². The van der Waals surface area contributed by atoms with E-state index in [1.165, 1.54) is 0 Å². The van der Waals surface area contributed by atoms with Gasteiger partial charge in [0.1, 0.15) is 0 Å². The third-order valence-corrected chi connectivity index (χ3v) is 4.83. The predicted octanol–water partition coefficient (Wildman–Crippen LogP) is 1.82. The van der Waals surface area contributed by atoms with E-state index in [9.17, 15) is 14.7 Å². The third-order valence-electron chi connectivity index (χ3n) is 4.83. The van der Waals surface area contributed by atoms with Gasteiger partial charge in [-0.05, 0) is 43.9 Å². The van der Waals surface area contributed by atoms with Crippen LogP contribution in [-0.2, 0) is 4.79 Å². The normalized spacial score (nSPS) is 32.1. The van der Waals surface area contributed by atoms with E-state index < -0.39 is 5.97 Å². The number of urea groups is 1. The molecular weight excluding hydrogens is 284 g/mol. The average Bonchev–Trinajstić information content (AvgIpc) is 2.56. The Kier molecular flexibility index (Phi) is 5.32. The first kappa shape index (κ1) is 17.1. The van der Waals surface area contributed by atoms with Crippen molar-refractivity contribution in [1.82, 2.24) is 10.2 Å². The van der Waals surface area contributed by atoms with Gasteiger partial charge < -0.3 is 20.4 Å². The molecule has 0 bridgehead atoms. The van der Waals surface area contributed by atoms with Gasteiger partial charge in [0.05, 0.1) is 12.0 Å². The van der Waals surface area contributed by atoms with Crippen molar-refractivity contribution in [2.24, 2.45) is 11.3 Å². The Morgan fingerprint density at radius 3 is 2.36 bits per heavy atom. The number of nitrogens with one attached hydrogen (secondary N) is 1. The number of aliphatic hydroxyl groups excluding tert-OH is 1. The number of nitrogens with zero attached hydrogens (tertiary/aromatic N) is 1. The maximum atomic E-state index is 12.4. The van der Waals surface area contributed by atoms with Crippen molar-refractivity contribution in [3.05, 3.63) is 0 Å². The molecule has 1 saturated heterocycles. The number of aliphatic hydroxyl groups is 1. The molecule has 6 heteroatoms. The number of hydrogen-bond donors (Lipinski definition) is 3. The molecule has 2 amide bonds. The molecule has 0 aromatic carbocycles. The topological polar surface area (TPSA) is 89.9 Å². The highest BCUT2D eigenvalue weighted by molar-refractivity contribution is 5.75. The Labute approximate surface area is 131 Å². The molecule has 6 nitrogen and oxygen atoms in total. The van der Waals surface area contributed by atoms with Crippen LogP contribution in [0, 0.1) is 11.3 Å². The number of amides is 2. The van der Waals surface area contributed by atoms with Crippen LogP contribution in [0.2, 0.25) is 0 Å². The van der Waals surface area contributed by atoms with Gasteiger partial charge in [0.2, 0.25) is 0 Å². The average molecular weight is 312 g/mol. The van der Waals surface area contributed by atoms with Crippen LogP contribution in [0.15, 0.2) is 0 Å². The minimum atomic E-state index is -0.729. The second-order valence-corrected chi connectivity index (χ2v) is 7.57. The number of aliphatic carboxylic acids is 1. The van der Waals surface area contributed by atoms with Crippen molar-refractivity contribution in [3.8, 4) is 0 Å². The van der Waals surface area contributed by atoms with E-state index in [1.54, 1.807) is 4.90 Å². The molecule has 1 aliphatic heterocycles. The maximum absolute atomic E-state index is 12.4. The summed E-state index contributed by atoms with van der Waals surface area (Å²) in [6.45, 7) is 5.35. The van der Waals surface area contributed by atoms with Gasteiger partial charge in [-0.2, -0.15) is 0 Å². The van der Waals surface area contributed by atoms with E-state index in [0.29, 0.717) is 38.8 Å².